The summed E-state index contributed by atoms with van der Waals surface area (Å²) in [7, 11) is 0. The first-order valence-corrected chi connectivity index (χ1v) is 6.22. The van der Waals surface area contributed by atoms with Crippen LogP contribution < -0.4 is 5.32 Å². The molecule has 0 unspecified atom stereocenters. The van der Waals surface area contributed by atoms with Crippen LogP contribution in [0.5, 0.6) is 5.75 Å². The van der Waals surface area contributed by atoms with Crippen molar-refractivity contribution in [3.63, 3.8) is 0 Å². The first-order chi connectivity index (χ1) is 8.15. The summed E-state index contributed by atoms with van der Waals surface area (Å²) >= 11 is 3.41. The maximum atomic E-state index is 9.32. The van der Waals surface area contributed by atoms with Crippen LogP contribution in [0.1, 0.15) is 11.1 Å². The van der Waals surface area contributed by atoms with Gasteiger partial charge in [-0.25, -0.2) is 0 Å². The van der Waals surface area contributed by atoms with E-state index in [-0.39, 0.29) is 0 Å². The molecule has 2 aromatic carbocycles. The van der Waals surface area contributed by atoms with E-state index in [2.05, 4.69) is 33.4 Å². The van der Waals surface area contributed by atoms with Gasteiger partial charge in [0.25, 0.3) is 0 Å². The monoisotopic (exact) mass is 291 g/mol. The summed E-state index contributed by atoms with van der Waals surface area (Å²) in [5.41, 5.74) is 3.31. The second-order valence-corrected chi connectivity index (χ2v) is 4.89. The Morgan fingerprint density at radius 3 is 2.47 bits per heavy atom. The first-order valence-electron chi connectivity index (χ1n) is 5.43. The number of aryl methyl sites for hydroxylation is 1. The molecule has 0 aliphatic carbocycles. The minimum atomic E-state index is 0.302. The van der Waals surface area contributed by atoms with Gasteiger partial charge in [0.15, 0.2) is 0 Å². The molecule has 17 heavy (non-hydrogen) atoms. The minimum absolute atomic E-state index is 0.302. The highest BCUT2D eigenvalue weighted by atomic mass is 79.9. The molecule has 0 atom stereocenters. The van der Waals surface area contributed by atoms with Gasteiger partial charge in [0.05, 0.1) is 0 Å². The second kappa shape index (κ2) is 5.23. The second-order valence-electron chi connectivity index (χ2n) is 3.98. The van der Waals surface area contributed by atoms with Crippen molar-refractivity contribution in [2.45, 2.75) is 13.5 Å². The third-order valence-electron chi connectivity index (χ3n) is 2.61. The van der Waals surface area contributed by atoms with Gasteiger partial charge >= 0.3 is 0 Å². The van der Waals surface area contributed by atoms with Crippen molar-refractivity contribution in [2.75, 3.05) is 5.32 Å². The van der Waals surface area contributed by atoms with Crippen LogP contribution in [0.15, 0.2) is 46.9 Å². The van der Waals surface area contributed by atoms with Crippen LogP contribution in [-0.2, 0) is 6.54 Å². The fourth-order valence-electron chi connectivity index (χ4n) is 1.65. The summed E-state index contributed by atoms with van der Waals surface area (Å²) in [5, 5.41) is 12.7. The molecular formula is C14H14BrNO. The predicted molar refractivity (Wildman–Crippen MR) is 74.3 cm³/mol. The molecule has 2 aromatic rings. The maximum Gasteiger partial charge on any atom is 0.115 e. The molecule has 2 N–H and O–H groups in total. The Bertz CT molecular complexity index is 508. The average Bonchev–Trinajstić information content (AvgIpc) is 2.30. The average molecular weight is 292 g/mol. The van der Waals surface area contributed by atoms with E-state index in [1.807, 2.05) is 25.1 Å². The highest BCUT2D eigenvalue weighted by Gasteiger charge is 1.99. The number of halogens is 1. The molecular weight excluding hydrogens is 278 g/mol. The molecule has 0 bridgehead atoms. The Morgan fingerprint density at radius 1 is 1.12 bits per heavy atom. The zero-order valence-corrected chi connectivity index (χ0v) is 11.2. The highest BCUT2D eigenvalue weighted by molar-refractivity contribution is 9.10. The van der Waals surface area contributed by atoms with Gasteiger partial charge in [0.1, 0.15) is 5.75 Å². The van der Waals surface area contributed by atoms with Crippen molar-refractivity contribution in [3.05, 3.63) is 58.1 Å². The quantitative estimate of drug-likeness (QED) is 0.836. The van der Waals surface area contributed by atoms with Crippen molar-refractivity contribution >= 4 is 21.6 Å². The van der Waals surface area contributed by atoms with E-state index in [1.54, 1.807) is 12.1 Å². The molecule has 0 spiro atoms. The van der Waals surface area contributed by atoms with Crippen LogP contribution in [0.25, 0.3) is 0 Å². The fraction of sp³-hybridized carbons (Fsp3) is 0.143. The van der Waals surface area contributed by atoms with Gasteiger partial charge in [-0.05, 0) is 48.4 Å². The van der Waals surface area contributed by atoms with Crippen molar-refractivity contribution in [3.8, 4) is 5.75 Å². The number of phenolic OH excluding ortho intramolecular Hbond substituents is 1. The van der Waals surface area contributed by atoms with Crippen LogP contribution in [-0.4, -0.2) is 5.11 Å². The van der Waals surface area contributed by atoms with Crippen molar-refractivity contribution < 1.29 is 5.11 Å². The lowest BCUT2D eigenvalue weighted by atomic mass is 10.1. The summed E-state index contributed by atoms with van der Waals surface area (Å²) in [6.45, 7) is 2.75. The van der Waals surface area contributed by atoms with Gasteiger partial charge in [-0.2, -0.15) is 0 Å². The van der Waals surface area contributed by atoms with E-state index in [4.69, 9.17) is 0 Å². The lowest BCUT2D eigenvalue weighted by Crippen LogP contribution is -2.00. The fourth-order valence-corrected chi connectivity index (χ4v) is 1.91. The molecule has 0 saturated carbocycles. The summed E-state index contributed by atoms with van der Waals surface area (Å²) < 4.78 is 1.09. The Hall–Kier alpha value is -1.48. The summed E-state index contributed by atoms with van der Waals surface area (Å²) in [4.78, 5) is 0. The van der Waals surface area contributed by atoms with E-state index in [0.29, 0.717) is 5.75 Å². The number of anilines is 1. The zero-order chi connectivity index (χ0) is 12.3. The molecule has 0 amide bonds. The molecule has 3 heteroatoms. The van der Waals surface area contributed by atoms with Gasteiger partial charge in [-0.15, -0.1) is 0 Å². The molecule has 0 saturated heterocycles. The van der Waals surface area contributed by atoms with E-state index in [1.165, 1.54) is 5.56 Å². The first kappa shape index (κ1) is 12.0. The number of nitrogens with one attached hydrogen (secondary N) is 1. The van der Waals surface area contributed by atoms with E-state index >= 15 is 0 Å². The Labute approximate surface area is 109 Å². The Balaban J connectivity index is 2.04. The Kier molecular flexibility index (Phi) is 3.69. The van der Waals surface area contributed by atoms with E-state index in [9.17, 15) is 5.11 Å². The van der Waals surface area contributed by atoms with Crippen molar-refractivity contribution in [2.24, 2.45) is 0 Å². The molecule has 2 rings (SSSR count). The van der Waals surface area contributed by atoms with Crippen LogP contribution in [0, 0.1) is 6.92 Å². The van der Waals surface area contributed by atoms with Gasteiger partial charge < -0.3 is 10.4 Å². The normalized spacial score (nSPS) is 10.2. The topological polar surface area (TPSA) is 32.3 Å². The van der Waals surface area contributed by atoms with Gasteiger partial charge in [-0.3, -0.25) is 0 Å². The smallest absolute Gasteiger partial charge is 0.115 e. The van der Waals surface area contributed by atoms with Crippen LogP contribution in [0.2, 0.25) is 0 Å². The number of hydrogen-bond acceptors (Lipinski definition) is 2. The highest BCUT2D eigenvalue weighted by Crippen LogP contribution is 2.21. The largest absolute Gasteiger partial charge is 0.508 e. The molecule has 0 aliphatic rings. The molecule has 0 fully saturated rings. The SMILES string of the molecule is Cc1cc(O)ccc1NCc1ccc(Br)cc1. The van der Waals surface area contributed by atoms with Crippen LogP contribution >= 0.6 is 15.9 Å². The van der Waals surface area contributed by atoms with E-state index in [0.717, 1.165) is 22.3 Å². The summed E-state index contributed by atoms with van der Waals surface area (Å²) in [6.07, 6.45) is 0. The number of aromatic hydroxyl groups is 1. The van der Waals surface area contributed by atoms with Gasteiger partial charge in [-0.1, -0.05) is 28.1 Å². The zero-order valence-electron chi connectivity index (χ0n) is 9.57. The molecule has 0 aliphatic heterocycles. The van der Waals surface area contributed by atoms with Gasteiger partial charge in [0.2, 0.25) is 0 Å². The van der Waals surface area contributed by atoms with Crippen LogP contribution in [0.3, 0.4) is 0 Å². The minimum Gasteiger partial charge on any atom is -0.508 e. The standard InChI is InChI=1S/C14H14BrNO/c1-10-8-13(17)6-7-14(10)16-9-11-2-4-12(15)5-3-11/h2-8,16-17H,9H2,1H3. The maximum absolute atomic E-state index is 9.32. The Morgan fingerprint density at radius 2 is 1.82 bits per heavy atom. The van der Waals surface area contributed by atoms with Crippen molar-refractivity contribution in [1.29, 1.82) is 0 Å². The van der Waals surface area contributed by atoms with Crippen molar-refractivity contribution in [1.82, 2.24) is 0 Å². The molecule has 0 heterocycles. The summed E-state index contributed by atoms with van der Waals surface area (Å²) in [5.74, 6) is 0.302. The number of hydrogen-bond donors (Lipinski definition) is 2. The molecule has 0 aromatic heterocycles. The third kappa shape index (κ3) is 3.24. The molecule has 88 valence electrons. The van der Waals surface area contributed by atoms with Gasteiger partial charge in [0, 0.05) is 16.7 Å². The molecule has 0 radical (unpaired) electrons. The number of phenols is 1. The number of rotatable bonds is 3. The van der Waals surface area contributed by atoms with E-state index < -0.39 is 0 Å². The van der Waals surface area contributed by atoms with Crippen LogP contribution in [0.4, 0.5) is 5.69 Å². The lowest BCUT2D eigenvalue weighted by Gasteiger charge is -2.10. The number of benzene rings is 2. The summed E-state index contributed by atoms with van der Waals surface area (Å²) in [6, 6.07) is 13.5. The lowest BCUT2D eigenvalue weighted by molar-refractivity contribution is 0.475. The molecule has 2 nitrogen and oxygen atoms in total. The predicted octanol–water partition coefficient (Wildman–Crippen LogP) is 4.08. The third-order valence-corrected chi connectivity index (χ3v) is 3.13.